The molecular formula is C25H32FN3O3. The summed E-state index contributed by atoms with van der Waals surface area (Å²) < 4.78 is 13.1. The number of amides is 2. The van der Waals surface area contributed by atoms with Crippen molar-refractivity contribution in [1.29, 1.82) is 0 Å². The summed E-state index contributed by atoms with van der Waals surface area (Å²) in [5.74, 6) is 0.277. The number of carbonyl (C=O) groups is 2. The third-order valence-corrected chi connectivity index (χ3v) is 6.05. The van der Waals surface area contributed by atoms with Crippen molar-refractivity contribution < 1.29 is 19.1 Å². The second kappa shape index (κ2) is 11.2. The summed E-state index contributed by atoms with van der Waals surface area (Å²) in [6.45, 7) is 5.52. The Morgan fingerprint density at radius 1 is 1.16 bits per heavy atom. The van der Waals surface area contributed by atoms with Crippen molar-refractivity contribution in [2.45, 2.75) is 45.3 Å². The molecule has 2 aromatic rings. The normalized spacial score (nSPS) is 16.9. The van der Waals surface area contributed by atoms with Crippen LogP contribution in [-0.4, -0.2) is 53.6 Å². The van der Waals surface area contributed by atoms with Crippen LogP contribution in [-0.2, 0) is 6.42 Å². The van der Waals surface area contributed by atoms with Gasteiger partial charge in [-0.05, 0) is 81.9 Å². The Labute approximate surface area is 188 Å². The number of nitrogens with zero attached hydrogens (tertiary/aromatic N) is 1. The number of piperidine rings is 1. The summed E-state index contributed by atoms with van der Waals surface area (Å²) in [6, 6.07) is 12.6. The number of rotatable bonds is 8. The number of aliphatic hydroxyl groups excluding tert-OH is 1. The minimum absolute atomic E-state index is 0.0701. The zero-order valence-electron chi connectivity index (χ0n) is 18.7. The number of halogens is 1. The van der Waals surface area contributed by atoms with Gasteiger partial charge in [0.25, 0.3) is 0 Å². The quantitative estimate of drug-likeness (QED) is 0.544. The van der Waals surface area contributed by atoms with Gasteiger partial charge in [-0.15, -0.1) is 0 Å². The molecule has 0 radical (unpaired) electrons. The van der Waals surface area contributed by atoms with Gasteiger partial charge >= 0.3 is 6.03 Å². The number of hydrogen-bond donors (Lipinski definition) is 3. The number of nitrogens with one attached hydrogen (secondary N) is 2. The maximum absolute atomic E-state index is 13.1. The Kier molecular flexibility index (Phi) is 8.36. The van der Waals surface area contributed by atoms with Crippen LogP contribution >= 0.6 is 0 Å². The molecule has 1 saturated heterocycles. The van der Waals surface area contributed by atoms with Gasteiger partial charge in [0.05, 0.1) is 12.1 Å². The van der Waals surface area contributed by atoms with Crippen LogP contribution in [0.25, 0.3) is 0 Å². The smallest absolute Gasteiger partial charge is 0.319 e. The molecule has 3 rings (SSSR count). The van der Waals surface area contributed by atoms with E-state index in [4.69, 9.17) is 0 Å². The van der Waals surface area contributed by atoms with Gasteiger partial charge in [0.15, 0.2) is 5.78 Å². The van der Waals surface area contributed by atoms with Crippen LogP contribution in [0.15, 0.2) is 48.5 Å². The monoisotopic (exact) mass is 441 g/mol. The minimum Gasteiger partial charge on any atom is -0.390 e. The zero-order valence-corrected chi connectivity index (χ0v) is 18.7. The second-order valence-electron chi connectivity index (χ2n) is 8.67. The molecule has 0 unspecified atom stereocenters. The number of carbonyl (C=O) groups excluding carboxylic acids is 2. The van der Waals surface area contributed by atoms with Gasteiger partial charge in [0.2, 0.25) is 0 Å². The first kappa shape index (κ1) is 23.9. The van der Waals surface area contributed by atoms with Gasteiger partial charge in [0.1, 0.15) is 5.82 Å². The van der Waals surface area contributed by atoms with E-state index < -0.39 is 18.2 Å². The number of likely N-dealkylation sites (tertiary alicyclic amines) is 1. The first-order valence-electron chi connectivity index (χ1n) is 11.1. The van der Waals surface area contributed by atoms with Crippen LogP contribution in [0.4, 0.5) is 14.9 Å². The van der Waals surface area contributed by atoms with Crippen LogP contribution in [0.1, 0.15) is 42.6 Å². The zero-order chi connectivity index (χ0) is 23.1. The molecule has 0 spiro atoms. The largest absolute Gasteiger partial charge is 0.390 e. The van der Waals surface area contributed by atoms with Gasteiger partial charge in [-0.3, -0.25) is 4.79 Å². The second-order valence-corrected chi connectivity index (χ2v) is 8.67. The molecule has 7 heteroatoms. The van der Waals surface area contributed by atoms with E-state index in [0.29, 0.717) is 23.7 Å². The summed E-state index contributed by atoms with van der Waals surface area (Å²) >= 11 is 0. The van der Waals surface area contributed by atoms with Crippen molar-refractivity contribution in [2.75, 3.05) is 25.0 Å². The van der Waals surface area contributed by atoms with E-state index in [0.717, 1.165) is 37.9 Å². The molecule has 1 aliphatic heterocycles. The molecule has 0 saturated carbocycles. The number of ketones is 1. The van der Waals surface area contributed by atoms with Crippen LogP contribution < -0.4 is 10.6 Å². The van der Waals surface area contributed by atoms with E-state index in [9.17, 15) is 19.1 Å². The Morgan fingerprint density at radius 2 is 1.84 bits per heavy atom. The van der Waals surface area contributed by atoms with Crippen LogP contribution in [0, 0.1) is 11.7 Å². The van der Waals surface area contributed by atoms with E-state index >= 15 is 0 Å². The lowest BCUT2D eigenvalue weighted by molar-refractivity contribution is 0.0701. The lowest BCUT2D eigenvalue weighted by atomic mass is 9.90. The maximum atomic E-state index is 13.1. The third kappa shape index (κ3) is 7.14. The molecule has 2 aromatic carbocycles. The molecule has 0 bridgehead atoms. The Morgan fingerprint density at radius 3 is 2.50 bits per heavy atom. The van der Waals surface area contributed by atoms with Gasteiger partial charge in [-0.25, -0.2) is 9.18 Å². The van der Waals surface area contributed by atoms with E-state index in [1.165, 1.54) is 19.1 Å². The van der Waals surface area contributed by atoms with Crippen molar-refractivity contribution in [2.24, 2.45) is 5.92 Å². The molecule has 172 valence electrons. The number of Topliss-reactive ketones (excluding diaryl/α,β-unsaturated/α-hetero) is 1. The minimum atomic E-state index is -0.696. The summed E-state index contributed by atoms with van der Waals surface area (Å²) in [4.78, 5) is 26.0. The highest BCUT2D eigenvalue weighted by atomic mass is 19.1. The third-order valence-electron chi connectivity index (χ3n) is 6.05. The predicted octanol–water partition coefficient (Wildman–Crippen LogP) is 3.85. The molecule has 0 aliphatic carbocycles. The molecule has 2 atom stereocenters. The number of benzene rings is 2. The summed E-state index contributed by atoms with van der Waals surface area (Å²) in [5, 5.41) is 16.0. The van der Waals surface area contributed by atoms with Crippen LogP contribution in [0.2, 0.25) is 0 Å². The number of anilines is 1. The van der Waals surface area contributed by atoms with E-state index in [2.05, 4.69) is 15.5 Å². The summed E-state index contributed by atoms with van der Waals surface area (Å²) in [5.41, 5.74) is 2.21. The number of aliphatic hydroxyl groups is 1. The van der Waals surface area contributed by atoms with Gasteiger partial charge in [0, 0.05) is 17.8 Å². The van der Waals surface area contributed by atoms with Crippen molar-refractivity contribution in [3.8, 4) is 0 Å². The highest BCUT2D eigenvalue weighted by molar-refractivity contribution is 5.96. The van der Waals surface area contributed by atoms with Crippen LogP contribution in [0.5, 0.6) is 0 Å². The fourth-order valence-corrected chi connectivity index (χ4v) is 4.04. The highest BCUT2D eigenvalue weighted by Gasteiger charge is 2.24. The topological polar surface area (TPSA) is 81.7 Å². The fourth-order valence-electron chi connectivity index (χ4n) is 4.04. The first-order valence-corrected chi connectivity index (χ1v) is 11.1. The number of urea groups is 1. The SMILES string of the molecule is CC(=O)c1cccc(NC(=O)N[C@@H](C)[C@@H](O)CN2CCC(Cc3ccc(F)cc3)CC2)c1. The standard InChI is InChI=1S/C25H32FN3O3/c1-17(27-25(32)28-23-5-3-4-21(15-23)18(2)30)24(31)16-29-12-10-20(11-13-29)14-19-6-8-22(26)9-7-19/h3-9,15,17,20,24,31H,10-14,16H2,1-2H3,(H2,27,28,32)/t17-,24-/m0/s1. The molecule has 1 fully saturated rings. The van der Waals surface area contributed by atoms with Crippen LogP contribution in [0.3, 0.4) is 0 Å². The highest BCUT2D eigenvalue weighted by Crippen LogP contribution is 2.22. The number of β-amino-alcohol motifs (C(OH)–C–C–N with tert-alkyl or cyclic N) is 1. The predicted molar refractivity (Wildman–Crippen MR) is 123 cm³/mol. The Hall–Kier alpha value is -2.77. The van der Waals surface area contributed by atoms with Crippen molar-refractivity contribution in [1.82, 2.24) is 10.2 Å². The molecule has 1 aliphatic rings. The molecule has 0 aromatic heterocycles. The molecule has 32 heavy (non-hydrogen) atoms. The Bertz CT molecular complexity index is 911. The van der Waals surface area contributed by atoms with E-state index in [-0.39, 0.29) is 11.6 Å². The van der Waals surface area contributed by atoms with Crippen molar-refractivity contribution in [3.63, 3.8) is 0 Å². The molecule has 6 nitrogen and oxygen atoms in total. The maximum Gasteiger partial charge on any atom is 0.319 e. The van der Waals surface area contributed by atoms with Gasteiger partial charge < -0.3 is 20.6 Å². The van der Waals surface area contributed by atoms with E-state index in [1.807, 2.05) is 12.1 Å². The lowest BCUT2D eigenvalue weighted by Gasteiger charge is -2.34. The Balaban J connectivity index is 1.40. The average Bonchev–Trinajstić information content (AvgIpc) is 2.76. The lowest BCUT2D eigenvalue weighted by Crippen LogP contribution is -2.49. The summed E-state index contributed by atoms with van der Waals surface area (Å²) in [7, 11) is 0. The number of hydrogen-bond acceptors (Lipinski definition) is 4. The van der Waals surface area contributed by atoms with Gasteiger partial charge in [-0.1, -0.05) is 24.3 Å². The molecule has 3 N–H and O–H groups in total. The molecule has 1 heterocycles. The van der Waals surface area contributed by atoms with Crippen molar-refractivity contribution >= 4 is 17.5 Å². The van der Waals surface area contributed by atoms with Gasteiger partial charge in [-0.2, -0.15) is 0 Å². The fraction of sp³-hybridized carbons (Fsp3) is 0.440. The van der Waals surface area contributed by atoms with Crippen molar-refractivity contribution in [3.05, 3.63) is 65.5 Å². The summed E-state index contributed by atoms with van der Waals surface area (Å²) in [6.07, 6.45) is 2.30. The molecule has 2 amide bonds. The molecular weight excluding hydrogens is 409 g/mol. The van der Waals surface area contributed by atoms with E-state index in [1.54, 1.807) is 31.2 Å². The average molecular weight is 442 g/mol. The first-order chi connectivity index (χ1) is 15.3.